The molecule has 3 nitrogen and oxygen atoms in total. The van der Waals surface area contributed by atoms with Gasteiger partial charge in [0.25, 0.3) is 5.91 Å². The molecule has 1 aliphatic rings. The zero-order chi connectivity index (χ0) is 11.7. The van der Waals surface area contributed by atoms with Crippen LogP contribution >= 0.6 is 0 Å². The topological polar surface area (TPSA) is 40.5 Å². The molecular formula is C13H17NO2. The van der Waals surface area contributed by atoms with E-state index in [4.69, 9.17) is 0 Å². The summed E-state index contributed by atoms with van der Waals surface area (Å²) in [5.74, 6) is 0.479. The Labute approximate surface area is 95.7 Å². The number of benzene rings is 1. The van der Waals surface area contributed by atoms with Crippen LogP contribution in [0, 0.1) is 5.92 Å². The Balaban J connectivity index is 2.18. The second-order valence-electron chi connectivity index (χ2n) is 4.64. The molecule has 3 heteroatoms. The lowest BCUT2D eigenvalue weighted by atomic mass is 10.1. The minimum Gasteiger partial charge on any atom is -0.369 e. The second kappa shape index (κ2) is 4.26. The lowest BCUT2D eigenvalue weighted by Gasteiger charge is -2.21. The standard InChI is InChI=1S/C13H17NO2/c1-9(2)7-8-14-12(15)10-5-3-4-6-11(10)13(14)16/h3-6,9,12,15H,7-8H2,1-2H3/t12-/m0/s1. The van der Waals surface area contributed by atoms with Gasteiger partial charge in [0.15, 0.2) is 6.23 Å². The molecule has 0 saturated heterocycles. The summed E-state index contributed by atoms with van der Waals surface area (Å²) < 4.78 is 0. The molecule has 0 saturated carbocycles. The van der Waals surface area contributed by atoms with E-state index < -0.39 is 6.23 Å². The van der Waals surface area contributed by atoms with Gasteiger partial charge in [-0.15, -0.1) is 0 Å². The summed E-state index contributed by atoms with van der Waals surface area (Å²) in [6.07, 6.45) is 0.152. The summed E-state index contributed by atoms with van der Waals surface area (Å²) in [4.78, 5) is 13.5. The highest BCUT2D eigenvalue weighted by molar-refractivity contribution is 5.98. The zero-order valence-electron chi connectivity index (χ0n) is 9.68. The maximum atomic E-state index is 12.0. The highest BCUT2D eigenvalue weighted by Crippen LogP contribution is 2.31. The minimum atomic E-state index is -0.762. The first kappa shape index (κ1) is 11.1. The van der Waals surface area contributed by atoms with Crippen molar-refractivity contribution in [3.05, 3.63) is 35.4 Å². The van der Waals surface area contributed by atoms with Gasteiger partial charge in [0.2, 0.25) is 0 Å². The maximum Gasteiger partial charge on any atom is 0.256 e. The van der Waals surface area contributed by atoms with Crippen molar-refractivity contribution >= 4 is 5.91 Å². The van der Waals surface area contributed by atoms with Gasteiger partial charge in [-0.3, -0.25) is 4.79 Å². The lowest BCUT2D eigenvalue weighted by molar-refractivity contribution is 0.0159. The van der Waals surface area contributed by atoms with Crippen molar-refractivity contribution in [2.24, 2.45) is 5.92 Å². The fraction of sp³-hybridized carbons (Fsp3) is 0.462. The van der Waals surface area contributed by atoms with Gasteiger partial charge in [0, 0.05) is 17.7 Å². The summed E-state index contributed by atoms with van der Waals surface area (Å²) >= 11 is 0. The van der Waals surface area contributed by atoms with E-state index in [1.54, 1.807) is 11.0 Å². The van der Waals surface area contributed by atoms with Gasteiger partial charge in [0.1, 0.15) is 0 Å². The largest absolute Gasteiger partial charge is 0.369 e. The van der Waals surface area contributed by atoms with Crippen LogP contribution < -0.4 is 0 Å². The number of nitrogens with zero attached hydrogens (tertiary/aromatic N) is 1. The van der Waals surface area contributed by atoms with E-state index in [1.165, 1.54) is 0 Å². The Morgan fingerprint density at radius 1 is 1.38 bits per heavy atom. The molecule has 0 spiro atoms. The Bertz CT molecular complexity index is 401. The van der Waals surface area contributed by atoms with E-state index in [0.29, 0.717) is 18.0 Å². The van der Waals surface area contributed by atoms with E-state index in [0.717, 1.165) is 12.0 Å². The molecule has 1 aliphatic heterocycles. The number of amides is 1. The van der Waals surface area contributed by atoms with E-state index in [1.807, 2.05) is 18.2 Å². The van der Waals surface area contributed by atoms with Crippen LogP contribution in [0.4, 0.5) is 0 Å². The molecule has 1 aromatic rings. The van der Waals surface area contributed by atoms with E-state index >= 15 is 0 Å². The van der Waals surface area contributed by atoms with Gasteiger partial charge in [-0.2, -0.15) is 0 Å². The van der Waals surface area contributed by atoms with E-state index in [2.05, 4.69) is 13.8 Å². The molecule has 1 amide bonds. The number of hydrogen-bond acceptors (Lipinski definition) is 2. The molecular weight excluding hydrogens is 202 g/mol. The third-order valence-corrected chi connectivity index (χ3v) is 2.97. The molecule has 1 atom stereocenters. The van der Waals surface area contributed by atoms with E-state index in [9.17, 15) is 9.90 Å². The summed E-state index contributed by atoms with van der Waals surface area (Å²) in [5, 5.41) is 10.0. The zero-order valence-corrected chi connectivity index (χ0v) is 9.68. The highest BCUT2D eigenvalue weighted by Gasteiger charge is 2.34. The monoisotopic (exact) mass is 219 g/mol. The smallest absolute Gasteiger partial charge is 0.256 e. The number of rotatable bonds is 3. The van der Waals surface area contributed by atoms with Crippen LogP contribution in [0.15, 0.2) is 24.3 Å². The second-order valence-corrected chi connectivity index (χ2v) is 4.64. The lowest BCUT2D eigenvalue weighted by Crippen LogP contribution is -2.29. The van der Waals surface area contributed by atoms with Crippen molar-refractivity contribution in [2.45, 2.75) is 26.5 Å². The fourth-order valence-corrected chi connectivity index (χ4v) is 1.97. The molecule has 0 aromatic heterocycles. The number of carbonyl (C=O) groups excluding carboxylic acids is 1. The number of carbonyl (C=O) groups is 1. The van der Waals surface area contributed by atoms with Crippen molar-refractivity contribution in [1.82, 2.24) is 4.90 Å². The predicted octanol–water partition coefficient (Wildman–Crippen LogP) is 2.18. The quantitative estimate of drug-likeness (QED) is 0.846. The molecule has 1 heterocycles. The molecule has 0 aliphatic carbocycles. The first-order chi connectivity index (χ1) is 7.61. The minimum absolute atomic E-state index is 0.0521. The predicted molar refractivity (Wildman–Crippen MR) is 61.9 cm³/mol. The Hall–Kier alpha value is -1.35. The average molecular weight is 219 g/mol. The van der Waals surface area contributed by atoms with Crippen LogP contribution in [-0.2, 0) is 0 Å². The highest BCUT2D eigenvalue weighted by atomic mass is 16.3. The number of aliphatic hydroxyl groups excluding tert-OH is 1. The number of hydrogen-bond donors (Lipinski definition) is 1. The van der Waals surface area contributed by atoms with Crippen LogP contribution in [0.3, 0.4) is 0 Å². The molecule has 1 N–H and O–H groups in total. The van der Waals surface area contributed by atoms with Crippen LogP contribution in [0.25, 0.3) is 0 Å². The summed E-state index contributed by atoms with van der Waals surface area (Å²) in [6.45, 7) is 4.84. The van der Waals surface area contributed by atoms with Crippen molar-refractivity contribution in [3.8, 4) is 0 Å². The first-order valence-electron chi connectivity index (χ1n) is 5.69. The fourth-order valence-electron chi connectivity index (χ4n) is 1.97. The van der Waals surface area contributed by atoms with Gasteiger partial charge < -0.3 is 10.0 Å². The van der Waals surface area contributed by atoms with Gasteiger partial charge in [-0.1, -0.05) is 32.0 Å². The van der Waals surface area contributed by atoms with Crippen molar-refractivity contribution in [1.29, 1.82) is 0 Å². The average Bonchev–Trinajstić information content (AvgIpc) is 2.50. The van der Waals surface area contributed by atoms with Crippen LogP contribution in [-0.4, -0.2) is 22.5 Å². The summed E-state index contributed by atoms with van der Waals surface area (Å²) in [5.41, 5.74) is 1.37. The Kier molecular flexibility index (Phi) is 2.97. The van der Waals surface area contributed by atoms with Crippen molar-refractivity contribution in [3.63, 3.8) is 0 Å². The maximum absolute atomic E-state index is 12.0. The molecule has 0 fully saturated rings. The Morgan fingerprint density at radius 3 is 2.69 bits per heavy atom. The molecule has 0 unspecified atom stereocenters. The normalized spacial score (nSPS) is 19.4. The molecule has 1 aromatic carbocycles. The van der Waals surface area contributed by atoms with Gasteiger partial charge in [0.05, 0.1) is 0 Å². The van der Waals surface area contributed by atoms with Crippen molar-refractivity contribution < 1.29 is 9.90 Å². The molecule has 2 rings (SSSR count). The molecule has 16 heavy (non-hydrogen) atoms. The van der Waals surface area contributed by atoms with Gasteiger partial charge in [-0.05, 0) is 18.4 Å². The summed E-state index contributed by atoms with van der Waals surface area (Å²) in [7, 11) is 0. The third-order valence-electron chi connectivity index (χ3n) is 2.97. The van der Waals surface area contributed by atoms with Crippen molar-refractivity contribution in [2.75, 3.05) is 6.54 Å². The van der Waals surface area contributed by atoms with Gasteiger partial charge >= 0.3 is 0 Å². The molecule has 0 radical (unpaired) electrons. The number of fused-ring (bicyclic) bond motifs is 1. The first-order valence-corrected chi connectivity index (χ1v) is 5.69. The molecule has 0 bridgehead atoms. The third kappa shape index (κ3) is 1.83. The van der Waals surface area contributed by atoms with Gasteiger partial charge in [-0.25, -0.2) is 0 Å². The van der Waals surface area contributed by atoms with Crippen LogP contribution in [0.1, 0.15) is 42.4 Å². The number of aliphatic hydroxyl groups is 1. The van der Waals surface area contributed by atoms with Crippen LogP contribution in [0.5, 0.6) is 0 Å². The molecule has 86 valence electrons. The Morgan fingerprint density at radius 2 is 2.06 bits per heavy atom. The van der Waals surface area contributed by atoms with E-state index in [-0.39, 0.29) is 5.91 Å². The summed E-state index contributed by atoms with van der Waals surface area (Å²) in [6, 6.07) is 7.26. The van der Waals surface area contributed by atoms with Crippen LogP contribution in [0.2, 0.25) is 0 Å². The SMILES string of the molecule is CC(C)CCN1C(=O)c2ccccc2[C@@H]1O.